The molecule has 0 saturated heterocycles. The maximum absolute atomic E-state index is 12.1. The highest BCUT2D eigenvalue weighted by Gasteiger charge is 2.25. The number of nitro benzene ring substituents is 1. The smallest absolute Gasteiger partial charge is 0.363 e. The lowest BCUT2D eigenvalue weighted by Gasteiger charge is -2.06. The number of nitrogens with zero attached hydrogens (tertiary/aromatic N) is 2. The van der Waals surface area contributed by atoms with Gasteiger partial charge in [-0.2, -0.15) is 0 Å². The average molecular weight is 338 g/mol. The number of hydrogen-bond acceptors (Lipinski definition) is 6. The molecule has 1 heterocycles. The Morgan fingerprint density at radius 2 is 1.92 bits per heavy atom. The van der Waals surface area contributed by atoms with Crippen molar-refractivity contribution in [3.8, 4) is 5.75 Å². The van der Waals surface area contributed by atoms with Gasteiger partial charge in [0.2, 0.25) is 5.90 Å². The number of hydrogen-bond donors (Lipinski definition) is 0. The molecule has 126 valence electrons. The minimum Gasteiger partial charge on any atom is -0.493 e. The van der Waals surface area contributed by atoms with Gasteiger partial charge in [0, 0.05) is 23.3 Å². The van der Waals surface area contributed by atoms with E-state index in [0.29, 0.717) is 23.5 Å². The Kier molecular flexibility index (Phi) is 4.56. The van der Waals surface area contributed by atoms with Crippen molar-refractivity contribution in [3.63, 3.8) is 0 Å². The molecule has 2 aromatic carbocycles. The molecule has 0 aliphatic carbocycles. The fourth-order valence-electron chi connectivity index (χ4n) is 2.29. The largest absolute Gasteiger partial charge is 0.493 e. The van der Waals surface area contributed by atoms with Crippen LogP contribution in [0.2, 0.25) is 0 Å². The summed E-state index contributed by atoms with van der Waals surface area (Å²) in [4.78, 5) is 26.4. The molecule has 7 heteroatoms. The van der Waals surface area contributed by atoms with Gasteiger partial charge in [-0.25, -0.2) is 9.79 Å². The van der Waals surface area contributed by atoms with Crippen LogP contribution in [-0.2, 0) is 9.53 Å². The molecule has 0 saturated carbocycles. The number of para-hydroxylation sites is 1. The summed E-state index contributed by atoms with van der Waals surface area (Å²) >= 11 is 0. The number of rotatable bonds is 5. The Labute approximate surface area is 143 Å². The monoisotopic (exact) mass is 338 g/mol. The van der Waals surface area contributed by atoms with Gasteiger partial charge < -0.3 is 9.47 Å². The van der Waals surface area contributed by atoms with Crippen LogP contribution in [0.3, 0.4) is 0 Å². The van der Waals surface area contributed by atoms with Gasteiger partial charge in [0.15, 0.2) is 5.70 Å². The fourth-order valence-corrected chi connectivity index (χ4v) is 2.29. The maximum Gasteiger partial charge on any atom is 0.363 e. The molecule has 7 nitrogen and oxygen atoms in total. The summed E-state index contributed by atoms with van der Waals surface area (Å²) in [5, 5.41) is 10.7. The first-order chi connectivity index (χ1) is 12.1. The summed E-state index contributed by atoms with van der Waals surface area (Å²) in [7, 11) is 0. The third kappa shape index (κ3) is 3.55. The van der Waals surface area contributed by atoms with Gasteiger partial charge >= 0.3 is 5.97 Å². The van der Waals surface area contributed by atoms with Crippen molar-refractivity contribution in [3.05, 3.63) is 75.5 Å². The summed E-state index contributed by atoms with van der Waals surface area (Å²) in [6.07, 6.45) is 1.59. The Bertz CT molecular complexity index is 885. The third-order valence-electron chi connectivity index (χ3n) is 3.46. The van der Waals surface area contributed by atoms with Crippen molar-refractivity contribution in [2.75, 3.05) is 6.61 Å². The van der Waals surface area contributed by atoms with Gasteiger partial charge in [0.1, 0.15) is 5.75 Å². The Balaban J connectivity index is 1.91. The molecule has 0 unspecified atom stereocenters. The summed E-state index contributed by atoms with van der Waals surface area (Å²) in [5.41, 5.74) is 1.29. The number of cyclic esters (lactones) is 1. The minimum absolute atomic E-state index is 0.0462. The number of benzene rings is 2. The lowest BCUT2D eigenvalue weighted by molar-refractivity contribution is -0.384. The van der Waals surface area contributed by atoms with Crippen molar-refractivity contribution >= 4 is 23.6 Å². The lowest BCUT2D eigenvalue weighted by Crippen LogP contribution is -2.05. The molecule has 3 rings (SSSR count). The molecule has 0 aromatic heterocycles. The van der Waals surface area contributed by atoms with E-state index in [1.54, 1.807) is 12.1 Å². The van der Waals surface area contributed by atoms with Crippen LogP contribution < -0.4 is 4.74 Å². The standard InChI is InChI=1S/C18H14N2O5/c1-2-24-16-6-4-3-5-13(16)11-15-18(21)25-17(19-15)12-7-9-14(10-8-12)20(22)23/h3-11H,2H2,1H3/b15-11+. The zero-order valence-corrected chi connectivity index (χ0v) is 13.3. The lowest BCUT2D eigenvalue weighted by atomic mass is 10.1. The molecule has 0 fully saturated rings. The first-order valence-electron chi connectivity index (χ1n) is 7.57. The van der Waals surface area contributed by atoms with Gasteiger partial charge in [0.25, 0.3) is 5.69 Å². The SMILES string of the molecule is CCOc1ccccc1/C=C1/N=C(c2ccc([N+](=O)[O-])cc2)OC1=O. The van der Waals surface area contributed by atoms with Crippen molar-refractivity contribution in [2.24, 2.45) is 4.99 Å². The highest BCUT2D eigenvalue weighted by atomic mass is 16.6. The topological polar surface area (TPSA) is 91.0 Å². The summed E-state index contributed by atoms with van der Waals surface area (Å²) in [6, 6.07) is 12.9. The molecule has 0 N–H and O–H groups in total. The average Bonchev–Trinajstić information content (AvgIpc) is 2.98. The molecule has 2 aromatic rings. The van der Waals surface area contributed by atoms with E-state index in [1.807, 2.05) is 25.1 Å². The summed E-state index contributed by atoms with van der Waals surface area (Å²) in [6.45, 7) is 2.38. The van der Waals surface area contributed by atoms with Gasteiger partial charge in [-0.05, 0) is 31.2 Å². The van der Waals surface area contributed by atoms with Crippen molar-refractivity contribution in [2.45, 2.75) is 6.92 Å². The van der Waals surface area contributed by atoms with Crippen LogP contribution in [0.1, 0.15) is 18.1 Å². The maximum atomic E-state index is 12.1. The molecular weight excluding hydrogens is 324 g/mol. The number of esters is 1. The molecule has 0 spiro atoms. The van der Waals surface area contributed by atoms with Crippen LogP contribution in [0.25, 0.3) is 6.08 Å². The summed E-state index contributed by atoms with van der Waals surface area (Å²) < 4.78 is 10.7. The van der Waals surface area contributed by atoms with Gasteiger partial charge in [-0.3, -0.25) is 10.1 Å². The zero-order chi connectivity index (χ0) is 17.8. The number of carbonyl (C=O) groups is 1. The van der Waals surface area contributed by atoms with Crippen molar-refractivity contribution < 1.29 is 19.2 Å². The van der Waals surface area contributed by atoms with Crippen LogP contribution in [0.15, 0.2) is 59.2 Å². The van der Waals surface area contributed by atoms with Crippen LogP contribution in [-0.4, -0.2) is 23.4 Å². The second-order valence-electron chi connectivity index (χ2n) is 5.11. The quantitative estimate of drug-likeness (QED) is 0.361. The molecule has 25 heavy (non-hydrogen) atoms. The molecule has 1 aliphatic heterocycles. The van der Waals surface area contributed by atoms with Crippen LogP contribution >= 0.6 is 0 Å². The first kappa shape index (κ1) is 16.4. The Morgan fingerprint density at radius 1 is 1.20 bits per heavy atom. The van der Waals surface area contributed by atoms with Crippen LogP contribution in [0, 0.1) is 10.1 Å². The van der Waals surface area contributed by atoms with E-state index in [9.17, 15) is 14.9 Å². The molecule has 0 atom stereocenters. The van der Waals surface area contributed by atoms with E-state index in [-0.39, 0.29) is 17.3 Å². The van der Waals surface area contributed by atoms with Crippen LogP contribution in [0.4, 0.5) is 5.69 Å². The van der Waals surface area contributed by atoms with Crippen molar-refractivity contribution in [1.29, 1.82) is 0 Å². The molecule has 0 amide bonds. The van der Waals surface area contributed by atoms with Gasteiger partial charge in [-0.1, -0.05) is 18.2 Å². The fraction of sp³-hybridized carbons (Fsp3) is 0.111. The predicted octanol–water partition coefficient (Wildman–Crippen LogP) is 3.34. The molecule has 0 bridgehead atoms. The van der Waals surface area contributed by atoms with Crippen molar-refractivity contribution in [1.82, 2.24) is 0 Å². The normalized spacial score (nSPS) is 15.0. The molecule has 0 radical (unpaired) electrons. The van der Waals surface area contributed by atoms with Gasteiger partial charge in [-0.15, -0.1) is 0 Å². The molecule has 1 aliphatic rings. The first-order valence-corrected chi connectivity index (χ1v) is 7.57. The minimum atomic E-state index is -0.584. The number of aliphatic imine (C=N–C) groups is 1. The van der Waals surface area contributed by atoms with E-state index >= 15 is 0 Å². The van der Waals surface area contributed by atoms with Crippen LogP contribution in [0.5, 0.6) is 5.75 Å². The molecular formula is C18H14N2O5. The Hall–Kier alpha value is -3.48. The Morgan fingerprint density at radius 3 is 2.60 bits per heavy atom. The predicted molar refractivity (Wildman–Crippen MR) is 91.3 cm³/mol. The van der Waals surface area contributed by atoms with E-state index < -0.39 is 10.9 Å². The van der Waals surface area contributed by atoms with E-state index in [4.69, 9.17) is 9.47 Å². The summed E-state index contributed by atoms with van der Waals surface area (Å²) in [5.74, 6) is 0.170. The number of nitro groups is 1. The zero-order valence-electron chi connectivity index (χ0n) is 13.3. The second kappa shape index (κ2) is 6.96. The third-order valence-corrected chi connectivity index (χ3v) is 3.46. The van der Waals surface area contributed by atoms with E-state index in [1.165, 1.54) is 24.3 Å². The second-order valence-corrected chi connectivity index (χ2v) is 5.11. The highest BCUT2D eigenvalue weighted by molar-refractivity contribution is 6.13. The number of ether oxygens (including phenoxy) is 2. The van der Waals surface area contributed by atoms with Gasteiger partial charge in [0.05, 0.1) is 11.5 Å². The highest BCUT2D eigenvalue weighted by Crippen LogP contribution is 2.25. The van der Waals surface area contributed by atoms with E-state index in [0.717, 1.165) is 0 Å². The number of carbonyl (C=O) groups excluding carboxylic acids is 1. The number of non-ortho nitro benzene ring substituents is 1. The van der Waals surface area contributed by atoms with E-state index in [2.05, 4.69) is 4.99 Å².